The van der Waals surface area contributed by atoms with Gasteiger partial charge in [0.25, 0.3) is 0 Å². The lowest BCUT2D eigenvalue weighted by Crippen LogP contribution is -2.40. The largest absolute Gasteiger partial charge is 0.478 e. The van der Waals surface area contributed by atoms with E-state index in [0.29, 0.717) is 41.8 Å². The number of hydrogen-bond donors (Lipinski definition) is 1. The maximum atomic E-state index is 13.0. The Balaban J connectivity index is 2.07. The van der Waals surface area contributed by atoms with Crippen LogP contribution in [0.3, 0.4) is 0 Å². The lowest BCUT2D eigenvalue weighted by molar-refractivity contribution is 0.0695. The van der Waals surface area contributed by atoms with Gasteiger partial charge in [-0.3, -0.25) is 4.31 Å². The number of sulfonamides is 1. The van der Waals surface area contributed by atoms with Gasteiger partial charge in [-0.05, 0) is 30.5 Å². The van der Waals surface area contributed by atoms with Gasteiger partial charge in [0.2, 0.25) is 10.0 Å². The third kappa shape index (κ3) is 2.88. The maximum absolute atomic E-state index is 13.0. The SMILES string of the molecule is CC1CN(S(=O)(=O)C2CCOCC2)c2cc(Br)cc(C(=O)O)c21. The second kappa shape index (κ2) is 6.07. The second-order valence-corrected chi connectivity index (χ2v) is 9.03. The summed E-state index contributed by atoms with van der Waals surface area (Å²) in [6.45, 7) is 3.03. The van der Waals surface area contributed by atoms with E-state index in [-0.39, 0.29) is 18.0 Å². The number of ether oxygens (including phenoxy) is 1. The van der Waals surface area contributed by atoms with E-state index in [9.17, 15) is 18.3 Å². The van der Waals surface area contributed by atoms with Crippen molar-refractivity contribution in [3.63, 3.8) is 0 Å². The third-order valence-electron chi connectivity index (χ3n) is 4.45. The Hall–Kier alpha value is -1.12. The van der Waals surface area contributed by atoms with Crippen molar-refractivity contribution in [2.75, 3.05) is 24.1 Å². The molecule has 3 rings (SSSR count). The molecule has 2 aliphatic heterocycles. The van der Waals surface area contributed by atoms with Gasteiger partial charge in [-0.1, -0.05) is 22.9 Å². The van der Waals surface area contributed by atoms with Crippen LogP contribution in [0.2, 0.25) is 0 Å². The van der Waals surface area contributed by atoms with Gasteiger partial charge in [0, 0.05) is 30.1 Å². The maximum Gasteiger partial charge on any atom is 0.336 e. The van der Waals surface area contributed by atoms with Crippen LogP contribution < -0.4 is 4.31 Å². The summed E-state index contributed by atoms with van der Waals surface area (Å²) in [6.07, 6.45) is 0.949. The summed E-state index contributed by atoms with van der Waals surface area (Å²) in [7, 11) is -3.53. The van der Waals surface area contributed by atoms with Gasteiger partial charge in [0.15, 0.2) is 0 Å². The zero-order chi connectivity index (χ0) is 16.8. The van der Waals surface area contributed by atoms with Gasteiger partial charge in [-0.15, -0.1) is 0 Å². The predicted octanol–water partition coefficient (Wildman–Crippen LogP) is 2.58. The number of carboxylic acid groups (broad SMARTS) is 1. The second-order valence-electron chi connectivity index (χ2n) is 5.98. The standard InChI is InChI=1S/C15H18BrNO5S/c1-9-8-17(23(20,21)11-2-4-22-5-3-11)13-7-10(16)6-12(14(9)13)15(18)19/h6-7,9,11H,2-5,8H2,1H3,(H,18,19). The Kier molecular flexibility index (Phi) is 4.41. The lowest BCUT2D eigenvalue weighted by Gasteiger charge is -2.28. The predicted molar refractivity (Wildman–Crippen MR) is 89.6 cm³/mol. The molecular weight excluding hydrogens is 386 g/mol. The molecule has 2 heterocycles. The minimum absolute atomic E-state index is 0.154. The molecule has 0 radical (unpaired) electrons. The van der Waals surface area contributed by atoms with Crippen molar-refractivity contribution in [3.05, 3.63) is 27.7 Å². The van der Waals surface area contributed by atoms with Crippen LogP contribution in [0.15, 0.2) is 16.6 Å². The Morgan fingerprint density at radius 1 is 1.35 bits per heavy atom. The summed E-state index contributed by atoms with van der Waals surface area (Å²) in [5.41, 5.74) is 1.23. The molecule has 1 aromatic rings. The minimum atomic E-state index is -3.53. The van der Waals surface area contributed by atoms with Crippen LogP contribution in [0.5, 0.6) is 0 Å². The fourth-order valence-corrected chi connectivity index (χ4v) is 5.79. The number of carboxylic acids is 1. The van der Waals surface area contributed by atoms with Crippen LogP contribution in [-0.2, 0) is 14.8 Å². The average Bonchev–Trinajstić information content (AvgIpc) is 2.85. The number of carbonyl (C=O) groups is 1. The van der Waals surface area contributed by atoms with E-state index in [1.54, 1.807) is 6.07 Å². The number of hydrogen-bond acceptors (Lipinski definition) is 4. The van der Waals surface area contributed by atoms with Crippen molar-refractivity contribution in [1.29, 1.82) is 0 Å². The van der Waals surface area contributed by atoms with Crippen molar-refractivity contribution in [1.82, 2.24) is 0 Å². The monoisotopic (exact) mass is 403 g/mol. The van der Waals surface area contributed by atoms with Crippen molar-refractivity contribution >= 4 is 37.6 Å². The van der Waals surface area contributed by atoms with Crippen molar-refractivity contribution in [2.45, 2.75) is 30.9 Å². The minimum Gasteiger partial charge on any atom is -0.478 e. The number of halogens is 1. The van der Waals surface area contributed by atoms with Crippen molar-refractivity contribution in [3.8, 4) is 0 Å². The molecule has 0 bridgehead atoms. The molecule has 126 valence electrons. The highest BCUT2D eigenvalue weighted by Crippen LogP contribution is 2.43. The summed E-state index contributed by atoms with van der Waals surface area (Å²) >= 11 is 3.29. The van der Waals surface area contributed by atoms with Gasteiger partial charge < -0.3 is 9.84 Å². The number of aromatic carboxylic acids is 1. The zero-order valence-electron chi connectivity index (χ0n) is 12.7. The molecule has 0 saturated carbocycles. The molecule has 23 heavy (non-hydrogen) atoms. The van der Waals surface area contributed by atoms with Gasteiger partial charge in [-0.25, -0.2) is 13.2 Å². The Morgan fingerprint density at radius 3 is 2.61 bits per heavy atom. The number of benzene rings is 1. The van der Waals surface area contributed by atoms with Gasteiger partial charge in [0.05, 0.1) is 16.5 Å². The van der Waals surface area contributed by atoms with E-state index in [2.05, 4.69) is 15.9 Å². The third-order valence-corrected chi connectivity index (χ3v) is 7.18. The summed E-state index contributed by atoms with van der Waals surface area (Å²) in [5, 5.41) is 8.95. The van der Waals surface area contributed by atoms with Crippen LogP contribution in [0.4, 0.5) is 5.69 Å². The van der Waals surface area contributed by atoms with Crippen LogP contribution in [-0.4, -0.2) is 44.5 Å². The van der Waals surface area contributed by atoms with Gasteiger partial charge in [0.1, 0.15) is 0 Å². The molecule has 6 nitrogen and oxygen atoms in total. The summed E-state index contributed by atoms with van der Waals surface area (Å²) in [6, 6.07) is 3.23. The first-order chi connectivity index (χ1) is 10.8. The summed E-state index contributed by atoms with van der Waals surface area (Å²) in [4.78, 5) is 11.5. The molecule has 1 atom stereocenters. The molecule has 0 aromatic heterocycles. The molecular formula is C15H18BrNO5S. The first kappa shape index (κ1) is 16.7. The normalized spacial score (nSPS) is 22.2. The first-order valence-corrected chi connectivity index (χ1v) is 9.78. The number of nitrogens with zero attached hydrogens (tertiary/aromatic N) is 1. The van der Waals surface area contributed by atoms with E-state index in [1.807, 2.05) is 6.92 Å². The highest BCUT2D eigenvalue weighted by Gasteiger charge is 2.41. The van der Waals surface area contributed by atoms with Crippen molar-refractivity contribution in [2.24, 2.45) is 0 Å². The molecule has 0 amide bonds. The van der Waals surface area contributed by atoms with Gasteiger partial charge in [-0.2, -0.15) is 0 Å². The first-order valence-electron chi connectivity index (χ1n) is 7.48. The van der Waals surface area contributed by atoms with Gasteiger partial charge >= 0.3 is 5.97 Å². The van der Waals surface area contributed by atoms with E-state index in [0.717, 1.165) is 0 Å². The lowest BCUT2D eigenvalue weighted by atomic mass is 9.97. The fraction of sp³-hybridized carbons (Fsp3) is 0.533. The summed E-state index contributed by atoms with van der Waals surface area (Å²) in [5.74, 6) is -1.20. The molecule has 8 heteroatoms. The molecule has 1 saturated heterocycles. The van der Waals surface area contributed by atoms with Crippen LogP contribution in [0.25, 0.3) is 0 Å². The topological polar surface area (TPSA) is 83.9 Å². The molecule has 1 aromatic carbocycles. The Labute approximate surface area is 143 Å². The van der Waals surface area contributed by atoms with Crippen LogP contribution in [0.1, 0.15) is 41.6 Å². The van der Waals surface area contributed by atoms with Crippen LogP contribution in [0, 0.1) is 0 Å². The van der Waals surface area contributed by atoms with E-state index >= 15 is 0 Å². The fourth-order valence-electron chi connectivity index (χ4n) is 3.34. The number of fused-ring (bicyclic) bond motifs is 1. The highest BCUT2D eigenvalue weighted by molar-refractivity contribution is 9.10. The molecule has 0 aliphatic carbocycles. The average molecular weight is 404 g/mol. The molecule has 1 unspecified atom stereocenters. The smallest absolute Gasteiger partial charge is 0.336 e. The highest BCUT2D eigenvalue weighted by atomic mass is 79.9. The Morgan fingerprint density at radius 2 is 2.00 bits per heavy atom. The quantitative estimate of drug-likeness (QED) is 0.837. The molecule has 1 N–H and O–H groups in total. The van der Waals surface area contributed by atoms with E-state index in [1.165, 1.54) is 10.4 Å². The van der Waals surface area contributed by atoms with E-state index < -0.39 is 21.2 Å². The molecule has 0 spiro atoms. The van der Waals surface area contributed by atoms with Crippen LogP contribution >= 0.6 is 15.9 Å². The summed E-state index contributed by atoms with van der Waals surface area (Å²) < 4.78 is 33.2. The van der Waals surface area contributed by atoms with E-state index in [4.69, 9.17) is 4.74 Å². The number of anilines is 1. The number of rotatable bonds is 3. The zero-order valence-corrected chi connectivity index (χ0v) is 15.1. The molecule has 2 aliphatic rings. The van der Waals surface area contributed by atoms with Crippen molar-refractivity contribution < 1.29 is 23.1 Å². The Bertz CT molecular complexity index is 742. The molecule has 1 fully saturated rings.